The van der Waals surface area contributed by atoms with Gasteiger partial charge < -0.3 is 14.6 Å². The van der Waals surface area contributed by atoms with Crippen molar-refractivity contribution in [3.05, 3.63) is 59.7 Å². The lowest BCUT2D eigenvalue weighted by atomic mass is 9.98. The first-order chi connectivity index (χ1) is 14.7. The van der Waals surface area contributed by atoms with Gasteiger partial charge in [0.05, 0.1) is 19.8 Å². The van der Waals surface area contributed by atoms with Crippen molar-refractivity contribution in [2.45, 2.75) is 50.9 Å². The molecule has 2 heterocycles. The van der Waals surface area contributed by atoms with Crippen LogP contribution in [0, 0.1) is 0 Å². The number of hydrogen-bond donors (Lipinski definition) is 1. The fourth-order valence-electron chi connectivity index (χ4n) is 4.88. The molecule has 30 heavy (non-hydrogen) atoms. The Morgan fingerprint density at radius 2 is 1.87 bits per heavy atom. The zero-order valence-corrected chi connectivity index (χ0v) is 18.2. The van der Waals surface area contributed by atoms with Gasteiger partial charge in [-0.2, -0.15) is 0 Å². The Bertz CT molecular complexity index is 813. The first-order valence-electron chi connectivity index (χ1n) is 11.2. The summed E-state index contributed by atoms with van der Waals surface area (Å²) in [6.45, 7) is 6.39. The number of nitrogens with zero attached hydrogens (tertiary/aromatic N) is 2. The molecule has 2 aliphatic heterocycles. The third-order valence-electron chi connectivity index (χ3n) is 6.33. The summed E-state index contributed by atoms with van der Waals surface area (Å²) in [5.41, 5.74) is 2.53. The molecule has 1 N–H and O–H groups in total. The number of hydrogen-bond acceptors (Lipinski definition) is 5. The van der Waals surface area contributed by atoms with Crippen molar-refractivity contribution in [1.82, 2.24) is 9.80 Å². The van der Waals surface area contributed by atoms with Crippen LogP contribution in [-0.2, 0) is 13.0 Å². The number of para-hydroxylation sites is 1. The summed E-state index contributed by atoms with van der Waals surface area (Å²) in [7, 11) is 1.70. The molecule has 162 valence electrons. The van der Waals surface area contributed by atoms with Crippen LogP contribution in [0.3, 0.4) is 0 Å². The summed E-state index contributed by atoms with van der Waals surface area (Å²) in [4.78, 5) is 5.06. The lowest BCUT2D eigenvalue weighted by molar-refractivity contribution is 0.0438. The topological polar surface area (TPSA) is 45.2 Å². The van der Waals surface area contributed by atoms with Crippen LogP contribution in [0.1, 0.15) is 30.9 Å². The molecule has 3 atom stereocenters. The van der Waals surface area contributed by atoms with E-state index in [9.17, 15) is 5.11 Å². The minimum absolute atomic E-state index is 0.201. The molecule has 0 unspecified atom stereocenters. The third-order valence-corrected chi connectivity index (χ3v) is 6.33. The molecule has 2 aromatic rings. The van der Waals surface area contributed by atoms with E-state index in [1.807, 2.05) is 6.07 Å². The van der Waals surface area contributed by atoms with Gasteiger partial charge in [-0.3, -0.25) is 9.80 Å². The molecule has 0 aliphatic carbocycles. The molecule has 4 rings (SSSR count). The van der Waals surface area contributed by atoms with Gasteiger partial charge in [-0.05, 0) is 30.9 Å². The highest BCUT2D eigenvalue weighted by Gasteiger charge is 2.39. The fourth-order valence-corrected chi connectivity index (χ4v) is 4.88. The highest BCUT2D eigenvalue weighted by Crippen LogP contribution is 2.34. The van der Waals surface area contributed by atoms with E-state index in [-0.39, 0.29) is 6.10 Å². The maximum Gasteiger partial charge on any atom is 0.165 e. The first kappa shape index (κ1) is 21.2. The highest BCUT2D eigenvalue weighted by atomic mass is 16.5. The molecule has 2 aliphatic rings. The molecule has 5 nitrogen and oxygen atoms in total. The number of rotatable bonds is 8. The van der Waals surface area contributed by atoms with E-state index >= 15 is 0 Å². The smallest absolute Gasteiger partial charge is 0.165 e. The van der Waals surface area contributed by atoms with Gasteiger partial charge in [0, 0.05) is 43.8 Å². The van der Waals surface area contributed by atoms with Gasteiger partial charge in [0.2, 0.25) is 0 Å². The normalized spacial score (nSPS) is 24.6. The lowest BCUT2D eigenvalue weighted by Gasteiger charge is -2.44. The number of ether oxygens (including phenoxy) is 2. The summed E-state index contributed by atoms with van der Waals surface area (Å²) < 4.78 is 11.7. The van der Waals surface area contributed by atoms with Crippen LogP contribution < -0.4 is 9.47 Å². The Balaban J connectivity index is 1.58. The zero-order valence-electron chi connectivity index (χ0n) is 18.2. The monoisotopic (exact) mass is 410 g/mol. The Labute approximate surface area is 180 Å². The lowest BCUT2D eigenvalue weighted by Crippen LogP contribution is -2.56. The second kappa shape index (κ2) is 9.82. The van der Waals surface area contributed by atoms with Gasteiger partial charge in [0.25, 0.3) is 0 Å². The van der Waals surface area contributed by atoms with Crippen molar-refractivity contribution in [3.63, 3.8) is 0 Å². The van der Waals surface area contributed by atoms with Gasteiger partial charge >= 0.3 is 0 Å². The van der Waals surface area contributed by atoms with Crippen LogP contribution in [0.25, 0.3) is 0 Å². The second-order valence-corrected chi connectivity index (χ2v) is 8.57. The van der Waals surface area contributed by atoms with E-state index in [1.165, 1.54) is 11.1 Å². The van der Waals surface area contributed by atoms with E-state index in [0.29, 0.717) is 18.7 Å². The van der Waals surface area contributed by atoms with E-state index in [4.69, 9.17) is 9.47 Å². The van der Waals surface area contributed by atoms with Crippen LogP contribution in [0.15, 0.2) is 48.5 Å². The Kier molecular flexibility index (Phi) is 6.93. The SMILES string of the molecule is CCCOc1c(CN2C[C@@H]3C[C@@H](O)CN3C[C@H]2Cc2ccccc2)cccc1OC. The van der Waals surface area contributed by atoms with Crippen LogP contribution in [0.4, 0.5) is 0 Å². The van der Waals surface area contributed by atoms with Gasteiger partial charge in [0.1, 0.15) is 0 Å². The molecule has 2 saturated heterocycles. The minimum atomic E-state index is -0.201. The van der Waals surface area contributed by atoms with E-state index < -0.39 is 0 Å². The molecule has 0 amide bonds. The third kappa shape index (κ3) is 4.80. The summed E-state index contributed by atoms with van der Waals surface area (Å²) in [6, 6.07) is 17.7. The Hall–Kier alpha value is -2.08. The second-order valence-electron chi connectivity index (χ2n) is 8.57. The molecule has 0 spiro atoms. The number of aliphatic hydroxyl groups excluding tert-OH is 1. The molecular weight excluding hydrogens is 376 g/mol. The zero-order chi connectivity index (χ0) is 20.9. The van der Waals surface area contributed by atoms with E-state index in [2.05, 4.69) is 59.2 Å². The quantitative estimate of drug-likeness (QED) is 0.723. The number of benzene rings is 2. The number of methoxy groups -OCH3 is 1. The van der Waals surface area contributed by atoms with E-state index in [0.717, 1.165) is 56.9 Å². The van der Waals surface area contributed by atoms with Crippen LogP contribution >= 0.6 is 0 Å². The van der Waals surface area contributed by atoms with Crippen LogP contribution in [0.5, 0.6) is 11.5 Å². The number of piperazine rings is 1. The van der Waals surface area contributed by atoms with Gasteiger partial charge in [-0.1, -0.05) is 49.4 Å². The molecule has 0 aromatic heterocycles. The largest absolute Gasteiger partial charge is 0.493 e. The highest BCUT2D eigenvalue weighted by molar-refractivity contribution is 5.46. The molecular formula is C25H34N2O3. The number of fused-ring (bicyclic) bond motifs is 1. The summed E-state index contributed by atoms with van der Waals surface area (Å²) >= 11 is 0. The predicted octanol–water partition coefficient (Wildman–Crippen LogP) is 3.35. The average molecular weight is 411 g/mol. The molecule has 5 heteroatoms. The van der Waals surface area contributed by atoms with Crippen LogP contribution in [-0.4, -0.2) is 66.4 Å². The van der Waals surface area contributed by atoms with Gasteiger partial charge in [0.15, 0.2) is 11.5 Å². The maximum absolute atomic E-state index is 10.2. The molecule has 2 aromatic carbocycles. The average Bonchev–Trinajstić information content (AvgIpc) is 3.12. The predicted molar refractivity (Wildman–Crippen MR) is 119 cm³/mol. The first-order valence-corrected chi connectivity index (χ1v) is 11.2. The van der Waals surface area contributed by atoms with Crippen molar-refractivity contribution >= 4 is 0 Å². The van der Waals surface area contributed by atoms with Gasteiger partial charge in [-0.15, -0.1) is 0 Å². The van der Waals surface area contributed by atoms with Crippen molar-refractivity contribution in [1.29, 1.82) is 0 Å². The van der Waals surface area contributed by atoms with E-state index in [1.54, 1.807) is 7.11 Å². The van der Waals surface area contributed by atoms with Crippen molar-refractivity contribution in [2.24, 2.45) is 0 Å². The number of aliphatic hydroxyl groups is 1. The summed E-state index contributed by atoms with van der Waals surface area (Å²) in [5, 5.41) is 10.2. The fraction of sp³-hybridized carbons (Fsp3) is 0.520. The van der Waals surface area contributed by atoms with Crippen molar-refractivity contribution in [3.8, 4) is 11.5 Å². The maximum atomic E-state index is 10.2. The molecule has 0 radical (unpaired) electrons. The Morgan fingerprint density at radius 1 is 1.03 bits per heavy atom. The minimum Gasteiger partial charge on any atom is -0.493 e. The van der Waals surface area contributed by atoms with Crippen molar-refractivity contribution < 1.29 is 14.6 Å². The van der Waals surface area contributed by atoms with Gasteiger partial charge in [-0.25, -0.2) is 0 Å². The molecule has 0 bridgehead atoms. The molecule has 0 saturated carbocycles. The van der Waals surface area contributed by atoms with Crippen molar-refractivity contribution in [2.75, 3.05) is 33.4 Å². The Morgan fingerprint density at radius 3 is 2.63 bits per heavy atom. The summed E-state index contributed by atoms with van der Waals surface area (Å²) in [6.07, 6.45) is 2.64. The summed E-state index contributed by atoms with van der Waals surface area (Å²) in [5.74, 6) is 1.67. The van der Waals surface area contributed by atoms with Crippen LogP contribution in [0.2, 0.25) is 0 Å². The standard InChI is InChI=1S/C25H34N2O3/c1-3-12-30-25-20(10-7-11-24(25)29-2)15-26-17-22-14-23(28)18-27(22)16-21(26)13-19-8-5-4-6-9-19/h4-11,21-23,28H,3,12-18H2,1-2H3/t21-,22+,23-/m1/s1. The molecule has 2 fully saturated rings.